The zero-order valence-electron chi connectivity index (χ0n) is 8.28. The Morgan fingerprint density at radius 2 is 2.25 bits per heavy atom. The molecule has 0 radical (unpaired) electrons. The van der Waals surface area contributed by atoms with Crippen molar-refractivity contribution in [1.82, 2.24) is 0 Å². The number of halogens is 1. The number of hydrogen-bond acceptors (Lipinski definition) is 3. The summed E-state index contributed by atoms with van der Waals surface area (Å²) in [5.41, 5.74) is 1.35. The summed E-state index contributed by atoms with van der Waals surface area (Å²) < 4.78 is 7.73. The van der Waals surface area contributed by atoms with Crippen LogP contribution in [0.4, 0.5) is 5.69 Å². The molecule has 2 rings (SSSR count). The van der Waals surface area contributed by atoms with Crippen molar-refractivity contribution in [3.05, 3.63) is 39.2 Å². The summed E-state index contributed by atoms with van der Waals surface area (Å²) in [6.45, 7) is 1.85. The van der Waals surface area contributed by atoms with Gasteiger partial charge in [-0.2, -0.15) is 0 Å². The Morgan fingerprint density at radius 3 is 2.94 bits per heavy atom. The molecule has 0 fully saturated rings. The van der Waals surface area contributed by atoms with Crippen LogP contribution >= 0.6 is 11.6 Å². The summed E-state index contributed by atoms with van der Waals surface area (Å²) >= 11 is 8.42. The second kappa shape index (κ2) is 4.36. The van der Waals surface area contributed by atoms with Crippen molar-refractivity contribution in [3.63, 3.8) is 0 Å². The van der Waals surface area contributed by atoms with Crippen LogP contribution in [0.5, 0.6) is 0 Å². The van der Waals surface area contributed by atoms with E-state index in [1.54, 1.807) is 12.1 Å². The molecule has 80 valence electrons. The Labute approximate surface area is 104 Å². The van der Waals surface area contributed by atoms with Crippen molar-refractivity contribution in [3.8, 4) is 0 Å². The van der Waals surface area contributed by atoms with E-state index < -0.39 is 0 Å². The van der Waals surface area contributed by atoms with Gasteiger partial charge in [0.1, 0.15) is 0 Å². The molecule has 2 aromatic rings. The molecular formula is C11H6ClNO2Se. The maximum atomic E-state index is 11.9. The number of fused-ring (bicyclic) bond motifs is 1. The molecule has 0 aliphatic rings. The van der Waals surface area contributed by atoms with Crippen LogP contribution in [0.3, 0.4) is 0 Å². The summed E-state index contributed by atoms with van der Waals surface area (Å²) in [7, 11) is 0. The summed E-state index contributed by atoms with van der Waals surface area (Å²) in [6.07, 6.45) is 1.31. The van der Waals surface area contributed by atoms with Gasteiger partial charge in [0.05, 0.1) is 0 Å². The molecule has 0 amide bonds. The number of aliphatic imine (C=N–C) groups is 1. The third-order valence-corrected chi connectivity index (χ3v) is 2.80. The van der Waals surface area contributed by atoms with Crippen LogP contribution in [0.25, 0.3) is 11.0 Å². The average molecular weight is 299 g/mol. The van der Waals surface area contributed by atoms with E-state index in [1.165, 1.54) is 6.26 Å². The van der Waals surface area contributed by atoms with Gasteiger partial charge in [0.2, 0.25) is 0 Å². The topological polar surface area (TPSA) is 42.6 Å². The predicted molar refractivity (Wildman–Crippen MR) is 65.1 cm³/mol. The van der Waals surface area contributed by atoms with Crippen LogP contribution in [-0.4, -0.2) is 20.3 Å². The van der Waals surface area contributed by atoms with Gasteiger partial charge in [0.15, 0.2) is 0 Å². The standard InChI is InChI=1S/C11H6ClNO2Se/c1-6-2-10-7(3-8(6)12)11(14)9(4-15-10)13-5-16/h2-4H,1H3. The second-order valence-electron chi connectivity index (χ2n) is 3.25. The molecule has 0 N–H and O–H groups in total. The Balaban J connectivity index is 2.89. The fourth-order valence-corrected chi connectivity index (χ4v) is 1.74. The van der Waals surface area contributed by atoms with Gasteiger partial charge >= 0.3 is 104 Å². The normalized spacial score (nSPS) is 10.1. The summed E-state index contributed by atoms with van der Waals surface area (Å²) in [4.78, 5) is 15.7. The molecule has 0 bridgehead atoms. The third kappa shape index (κ3) is 1.89. The first kappa shape index (κ1) is 11.3. The Bertz CT molecular complexity index is 671. The molecule has 1 aromatic carbocycles. The van der Waals surface area contributed by atoms with E-state index in [9.17, 15) is 4.79 Å². The quantitative estimate of drug-likeness (QED) is 0.599. The predicted octanol–water partition coefficient (Wildman–Crippen LogP) is 2.46. The van der Waals surface area contributed by atoms with E-state index in [4.69, 9.17) is 16.0 Å². The van der Waals surface area contributed by atoms with Crippen LogP contribution < -0.4 is 5.43 Å². The fraction of sp³-hybridized carbons (Fsp3) is 0.0909. The molecule has 16 heavy (non-hydrogen) atoms. The number of hydrogen-bond donors (Lipinski definition) is 0. The SMILES string of the molecule is Cc1cc2occ(N=C=[Se])c(=O)c2cc1Cl. The summed E-state index contributed by atoms with van der Waals surface area (Å²) in [5, 5.41) is 0.958. The molecule has 3 nitrogen and oxygen atoms in total. The molecule has 0 spiro atoms. The first-order valence-electron chi connectivity index (χ1n) is 4.43. The summed E-state index contributed by atoms with van der Waals surface area (Å²) in [5.74, 6) is 0. The Hall–Kier alpha value is -1.18. The summed E-state index contributed by atoms with van der Waals surface area (Å²) in [6, 6.07) is 3.32. The monoisotopic (exact) mass is 299 g/mol. The van der Waals surface area contributed by atoms with Gasteiger partial charge in [-0.05, 0) is 0 Å². The Morgan fingerprint density at radius 1 is 1.50 bits per heavy atom. The molecule has 0 aliphatic carbocycles. The van der Waals surface area contributed by atoms with Crippen LogP contribution in [0, 0.1) is 6.92 Å². The van der Waals surface area contributed by atoms with Gasteiger partial charge in [0, 0.05) is 0 Å². The average Bonchev–Trinajstić information content (AvgIpc) is 2.26. The van der Waals surface area contributed by atoms with Crippen molar-refractivity contribution in [2.24, 2.45) is 4.99 Å². The van der Waals surface area contributed by atoms with Gasteiger partial charge in [-0.15, -0.1) is 0 Å². The van der Waals surface area contributed by atoms with Gasteiger partial charge in [-0.25, -0.2) is 0 Å². The van der Waals surface area contributed by atoms with Gasteiger partial charge in [-0.3, -0.25) is 0 Å². The fourth-order valence-electron chi connectivity index (χ4n) is 1.37. The second-order valence-corrected chi connectivity index (χ2v) is 4.04. The molecule has 1 heterocycles. The molecule has 5 heteroatoms. The molecule has 0 atom stereocenters. The van der Waals surface area contributed by atoms with Crippen molar-refractivity contribution in [2.75, 3.05) is 0 Å². The van der Waals surface area contributed by atoms with Crippen molar-refractivity contribution in [2.45, 2.75) is 6.92 Å². The van der Waals surface area contributed by atoms with E-state index in [2.05, 4.69) is 25.3 Å². The zero-order valence-corrected chi connectivity index (χ0v) is 10.8. The molecule has 1 aromatic heterocycles. The number of rotatable bonds is 1. The van der Waals surface area contributed by atoms with E-state index in [0.717, 1.165) is 5.56 Å². The van der Waals surface area contributed by atoms with Crippen molar-refractivity contribution >= 4 is 48.5 Å². The first-order chi connectivity index (χ1) is 7.63. The minimum absolute atomic E-state index is 0.200. The number of aryl methyl sites for hydroxylation is 1. The Kier molecular flexibility index (Phi) is 3.08. The van der Waals surface area contributed by atoms with E-state index >= 15 is 0 Å². The molecular weight excluding hydrogens is 293 g/mol. The van der Waals surface area contributed by atoms with E-state index in [-0.39, 0.29) is 11.1 Å². The van der Waals surface area contributed by atoms with Crippen LogP contribution in [0.2, 0.25) is 5.02 Å². The van der Waals surface area contributed by atoms with Gasteiger partial charge in [0.25, 0.3) is 0 Å². The van der Waals surface area contributed by atoms with Gasteiger partial charge < -0.3 is 0 Å². The molecule has 0 saturated heterocycles. The van der Waals surface area contributed by atoms with Crippen LogP contribution in [-0.2, 0) is 0 Å². The van der Waals surface area contributed by atoms with Crippen molar-refractivity contribution in [1.29, 1.82) is 0 Å². The van der Waals surface area contributed by atoms with Crippen LogP contribution in [0.1, 0.15) is 5.56 Å². The zero-order chi connectivity index (χ0) is 11.7. The molecule has 0 aliphatic heterocycles. The maximum absolute atomic E-state index is 11.9. The van der Waals surface area contributed by atoms with E-state index in [1.807, 2.05) is 6.92 Å². The van der Waals surface area contributed by atoms with Crippen LogP contribution in [0.15, 0.2) is 32.6 Å². The number of nitrogens with zero attached hydrogens (tertiary/aromatic N) is 1. The molecule has 0 unspecified atom stereocenters. The van der Waals surface area contributed by atoms with E-state index in [0.29, 0.717) is 16.0 Å². The third-order valence-electron chi connectivity index (χ3n) is 2.20. The molecule has 0 saturated carbocycles. The number of benzene rings is 1. The first-order valence-corrected chi connectivity index (χ1v) is 5.66. The van der Waals surface area contributed by atoms with Gasteiger partial charge in [-0.1, -0.05) is 0 Å². The minimum atomic E-state index is -0.217. The van der Waals surface area contributed by atoms with Crippen molar-refractivity contribution < 1.29 is 4.42 Å².